The molecule has 6 heteroatoms. The fourth-order valence-electron chi connectivity index (χ4n) is 2.80. The van der Waals surface area contributed by atoms with Gasteiger partial charge in [-0.05, 0) is 36.9 Å². The van der Waals surface area contributed by atoms with E-state index in [1.807, 2.05) is 43.3 Å². The number of hydrogen-bond acceptors (Lipinski definition) is 4. The lowest BCUT2D eigenvalue weighted by atomic mass is 10.1. The molecule has 0 unspecified atom stereocenters. The Bertz CT molecular complexity index is 1070. The van der Waals surface area contributed by atoms with Crippen molar-refractivity contribution in [1.29, 1.82) is 0 Å². The number of benzene rings is 3. The Morgan fingerprint density at radius 3 is 2.50 bits per heavy atom. The van der Waals surface area contributed by atoms with Crippen LogP contribution in [0.3, 0.4) is 0 Å². The van der Waals surface area contributed by atoms with Crippen LogP contribution in [0.1, 0.15) is 11.1 Å². The summed E-state index contributed by atoms with van der Waals surface area (Å²) < 4.78 is 32.4. The Morgan fingerprint density at radius 1 is 1.00 bits per heavy atom. The Morgan fingerprint density at radius 2 is 1.73 bits per heavy atom. The predicted octanol–water partition coefficient (Wildman–Crippen LogP) is 3.34. The molecule has 3 aromatic carbocycles. The highest BCUT2D eigenvalue weighted by atomic mass is 32.2. The van der Waals surface area contributed by atoms with Gasteiger partial charge in [-0.2, -0.15) is 0 Å². The molecule has 3 aromatic rings. The van der Waals surface area contributed by atoms with Crippen molar-refractivity contribution in [3.05, 3.63) is 71.8 Å². The van der Waals surface area contributed by atoms with E-state index in [-0.39, 0.29) is 4.90 Å². The first kappa shape index (κ1) is 17.9. The quantitative estimate of drug-likeness (QED) is 0.749. The molecule has 5 nitrogen and oxygen atoms in total. The van der Waals surface area contributed by atoms with Crippen molar-refractivity contribution in [3.8, 4) is 5.75 Å². The lowest BCUT2D eigenvalue weighted by molar-refractivity contribution is -0.121. The molecule has 134 valence electrons. The minimum Gasteiger partial charge on any atom is -0.483 e. The molecular formula is C20H19NO4S. The zero-order valence-electron chi connectivity index (χ0n) is 14.5. The van der Waals surface area contributed by atoms with Crippen LogP contribution < -0.4 is 9.46 Å². The van der Waals surface area contributed by atoms with Gasteiger partial charge in [-0.1, -0.05) is 54.1 Å². The number of amides is 1. The minimum atomic E-state index is -3.93. The second-order valence-corrected chi connectivity index (χ2v) is 7.71. The highest BCUT2D eigenvalue weighted by molar-refractivity contribution is 7.90. The van der Waals surface area contributed by atoms with Crippen LogP contribution in [0.5, 0.6) is 5.75 Å². The molecular weight excluding hydrogens is 350 g/mol. The topological polar surface area (TPSA) is 72.5 Å². The Labute approximate surface area is 152 Å². The molecule has 0 fully saturated rings. The SMILES string of the molecule is Cc1ccc(S(=O)(=O)NC(=O)COc2cccc3ccccc23)c(C)c1. The maximum Gasteiger partial charge on any atom is 0.271 e. The molecule has 0 aromatic heterocycles. The van der Waals surface area contributed by atoms with Gasteiger partial charge in [-0.15, -0.1) is 0 Å². The van der Waals surface area contributed by atoms with Crippen molar-refractivity contribution in [1.82, 2.24) is 4.72 Å². The van der Waals surface area contributed by atoms with Gasteiger partial charge in [-0.3, -0.25) is 4.79 Å². The van der Waals surface area contributed by atoms with E-state index >= 15 is 0 Å². The van der Waals surface area contributed by atoms with Gasteiger partial charge in [0.2, 0.25) is 0 Å². The Balaban J connectivity index is 1.72. The van der Waals surface area contributed by atoms with Crippen molar-refractivity contribution in [2.75, 3.05) is 6.61 Å². The van der Waals surface area contributed by atoms with Crippen LogP contribution in [0.25, 0.3) is 10.8 Å². The van der Waals surface area contributed by atoms with E-state index in [4.69, 9.17) is 4.74 Å². The minimum absolute atomic E-state index is 0.0848. The van der Waals surface area contributed by atoms with E-state index in [0.717, 1.165) is 16.3 Å². The van der Waals surface area contributed by atoms with Gasteiger partial charge in [-0.25, -0.2) is 13.1 Å². The van der Waals surface area contributed by atoms with E-state index in [1.54, 1.807) is 25.1 Å². The van der Waals surface area contributed by atoms with E-state index in [2.05, 4.69) is 4.72 Å². The first-order chi connectivity index (χ1) is 12.4. The summed E-state index contributed by atoms with van der Waals surface area (Å²) in [7, 11) is -3.93. The number of aryl methyl sites for hydroxylation is 2. The monoisotopic (exact) mass is 369 g/mol. The van der Waals surface area contributed by atoms with Crippen LogP contribution in [-0.2, 0) is 14.8 Å². The van der Waals surface area contributed by atoms with Crippen LogP contribution in [0.4, 0.5) is 0 Å². The smallest absolute Gasteiger partial charge is 0.271 e. The summed E-state index contributed by atoms with van der Waals surface area (Å²) in [4.78, 5) is 12.2. The molecule has 0 bridgehead atoms. The highest BCUT2D eigenvalue weighted by Gasteiger charge is 2.20. The largest absolute Gasteiger partial charge is 0.483 e. The second kappa shape index (κ2) is 7.17. The van der Waals surface area contributed by atoms with Crippen LogP contribution in [-0.4, -0.2) is 20.9 Å². The Kier molecular flexibility index (Phi) is 4.95. The zero-order chi connectivity index (χ0) is 18.7. The first-order valence-electron chi connectivity index (χ1n) is 8.10. The van der Waals surface area contributed by atoms with Gasteiger partial charge in [0, 0.05) is 5.39 Å². The molecule has 0 aliphatic rings. The number of hydrogen-bond donors (Lipinski definition) is 1. The third-order valence-electron chi connectivity index (χ3n) is 3.98. The number of sulfonamides is 1. The molecule has 0 spiro atoms. The number of ether oxygens (including phenoxy) is 1. The van der Waals surface area contributed by atoms with Crippen molar-refractivity contribution >= 4 is 26.7 Å². The first-order valence-corrected chi connectivity index (χ1v) is 9.58. The van der Waals surface area contributed by atoms with Gasteiger partial charge in [0.1, 0.15) is 5.75 Å². The summed E-state index contributed by atoms with van der Waals surface area (Å²) >= 11 is 0. The Hall–Kier alpha value is -2.86. The number of rotatable bonds is 5. The van der Waals surface area contributed by atoms with E-state index < -0.39 is 22.5 Å². The van der Waals surface area contributed by atoms with Crippen molar-refractivity contribution in [2.24, 2.45) is 0 Å². The van der Waals surface area contributed by atoms with Crippen LogP contribution in [0.2, 0.25) is 0 Å². The molecule has 0 saturated heterocycles. The lowest BCUT2D eigenvalue weighted by Gasteiger charge is -2.12. The van der Waals surface area contributed by atoms with Gasteiger partial charge < -0.3 is 4.74 Å². The molecule has 0 radical (unpaired) electrons. The summed E-state index contributed by atoms with van der Waals surface area (Å²) in [6.45, 7) is 3.18. The van der Waals surface area contributed by atoms with Crippen LogP contribution in [0, 0.1) is 13.8 Å². The van der Waals surface area contributed by atoms with Gasteiger partial charge >= 0.3 is 0 Å². The molecule has 0 aliphatic carbocycles. The summed E-state index contributed by atoms with van der Waals surface area (Å²) in [5, 5.41) is 1.84. The number of carbonyl (C=O) groups excluding carboxylic acids is 1. The summed E-state index contributed by atoms with van der Waals surface area (Å²) in [6.07, 6.45) is 0. The van der Waals surface area contributed by atoms with Gasteiger partial charge in [0.25, 0.3) is 15.9 Å². The summed E-state index contributed by atoms with van der Waals surface area (Å²) in [6, 6.07) is 18.1. The molecule has 3 rings (SSSR count). The molecule has 0 heterocycles. The lowest BCUT2D eigenvalue weighted by Crippen LogP contribution is -2.34. The van der Waals surface area contributed by atoms with Gasteiger partial charge in [0.05, 0.1) is 4.90 Å². The maximum atomic E-state index is 12.4. The van der Waals surface area contributed by atoms with E-state index in [0.29, 0.717) is 11.3 Å². The van der Waals surface area contributed by atoms with Crippen molar-refractivity contribution in [3.63, 3.8) is 0 Å². The second-order valence-electron chi connectivity index (χ2n) is 6.06. The molecule has 0 atom stereocenters. The fraction of sp³-hybridized carbons (Fsp3) is 0.150. The van der Waals surface area contributed by atoms with Crippen molar-refractivity contribution < 1.29 is 17.9 Å². The predicted molar refractivity (Wildman–Crippen MR) is 101 cm³/mol. The normalized spacial score (nSPS) is 11.3. The molecule has 1 amide bonds. The average Bonchev–Trinajstić information content (AvgIpc) is 2.59. The summed E-state index contributed by atoms with van der Waals surface area (Å²) in [5.74, 6) is -0.194. The molecule has 1 N–H and O–H groups in total. The third kappa shape index (κ3) is 3.86. The van der Waals surface area contributed by atoms with E-state index in [1.165, 1.54) is 6.07 Å². The average molecular weight is 369 g/mol. The van der Waals surface area contributed by atoms with Gasteiger partial charge in [0.15, 0.2) is 6.61 Å². The van der Waals surface area contributed by atoms with E-state index in [9.17, 15) is 13.2 Å². The molecule has 0 aliphatic heterocycles. The maximum absolute atomic E-state index is 12.4. The molecule has 26 heavy (non-hydrogen) atoms. The number of carbonyl (C=O) groups is 1. The molecule has 0 saturated carbocycles. The number of nitrogens with one attached hydrogen (secondary N) is 1. The highest BCUT2D eigenvalue weighted by Crippen LogP contribution is 2.25. The standard InChI is InChI=1S/C20H19NO4S/c1-14-10-11-19(15(2)12-14)26(23,24)21-20(22)13-25-18-9-5-7-16-6-3-4-8-17(16)18/h3-12H,13H2,1-2H3,(H,21,22). The zero-order valence-corrected chi connectivity index (χ0v) is 15.3. The summed E-state index contributed by atoms with van der Waals surface area (Å²) in [5.41, 5.74) is 1.53. The van der Waals surface area contributed by atoms with Crippen LogP contribution >= 0.6 is 0 Å². The van der Waals surface area contributed by atoms with Crippen molar-refractivity contribution in [2.45, 2.75) is 18.7 Å². The number of fused-ring (bicyclic) bond motifs is 1. The fourth-order valence-corrected chi connectivity index (χ4v) is 4.00. The third-order valence-corrected chi connectivity index (χ3v) is 5.51. The van der Waals surface area contributed by atoms with Crippen LogP contribution in [0.15, 0.2) is 65.6 Å².